The first-order chi connectivity index (χ1) is 9.79. The monoisotopic (exact) mass is 295 g/mol. The zero-order valence-electron chi connectivity index (χ0n) is 11.4. The first kappa shape index (κ1) is 16.3. The number of amides is 3. The smallest absolute Gasteiger partial charge is 0.326 e. The van der Waals surface area contributed by atoms with E-state index in [1.807, 2.05) is 0 Å². The number of primary amides is 1. The number of carboxylic acids is 1. The van der Waals surface area contributed by atoms with Crippen molar-refractivity contribution in [1.29, 1.82) is 0 Å². The summed E-state index contributed by atoms with van der Waals surface area (Å²) in [6.07, 6.45) is 0.0357. The summed E-state index contributed by atoms with van der Waals surface area (Å²) in [6.45, 7) is 1.39. The van der Waals surface area contributed by atoms with Crippen LogP contribution in [0.5, 0.6) is 5.75 Å². The van der Waals surface area contributed by atoms with Crippen LogP contribution in [0.2, 0.25) is 0 Å². The number of carboxylic acid groups (broad SMARTS) is 1. The maximum absolute atomic E-state index is 11.6. The van der Waals surface area contributed by atoms with E-state index >= 15 is 0 Å². The van der Waals surface area contributed by atoms with Gasteiger partial charge in [-0.3, -0.25) is 4.79 Å². The lowest BCUT2D eigenvalue weighted by molar-refractivity contribution is -0.139. The third kappa shape index (κ3) is 5.39. The number of carbonyl (C=O) groups is 3. The number of aliphatic carboxylic acids is 1. The molecule has 6 N–H and O–H groups in total. The minimum atomic E-state index is -1.22. The van der Waals surface area contributed by atoms with Crippen molar-refractivity contribution in [2.75, 3.05) is 0 Å². The van der Waals surface area contributed by atoms with Crippen LogP contribution in [0.3, 0.4) is 0 Å². The van der Waals surface area contributed by atoms with Crippen molar-refractivity contribution in [3.8, 4) is 5.75 Å². The molecule has 0 aliphatic rings. The van der Waals surface area contributed by atoms with Crippen LogP contribution < -0.4 is 16.4 Å². The van der Waals surface area contributed by atoms with Gasteiger partial charge in [-0.2, -0.15) is 0 Å². The summed E-state index contributed by atoms with van der Waals surface area (Å²) in [5.74, 6) is -1.88. The van der Waals surface area contributed by atoms with Crippen LogP contribution in [0.25, 0.3) is 0 Å². The molecule has 0 spiro atoms. The highest BCUT2D eigenvalue weighted by molar-refractivity contribution is 5.87. The fourth-order valence-corrected chi connectivity index (χ4v) is 1.54. The number of benzene rings is 1. The molecule has 0 saturated heterocycles. The lowest BCUT2D eigenvalue weighted by Crippen LogP contribution is -2.52. The van der Waals surface area contributed by atoms with Gasteiger partial charge in [0.25, 0.3) is 0 Å². The largest absolute Gasteiger partial charge is 0.508 e. The molecule has 3 amide bonds. The van der Waals surface area contributed by atoms with Gasteiger partial charge in [0.05, 0.1) is 0 Å². The van der Waals surface area contributed by atoms with Crippen molar-refractivity contribution < 1.29 is 24.6 Å². The number of hydrogen-bond acceptors (Lipinski definition) is 4. The molecule has 2 atom stereocenters. The standard InChI is InChI=1S/C13H17N3O5/c1-7(11(14)18)15-13(21)16-10(12(19)20)6-8-2-4-9(17)5-3-8/h2-5,7,10,17H,6H2,1H3,(H2,14,18)(H,19,20)(H2,15,16,21)/t7?,10-/m1/s1. The summed E-state index contributed by atoms with van der Waals surface area (Å²) in [7, 11) is 0. The van der Waals surface area contributed by atoms with Gasteiger partial charge in [0.15, 0.2) is 0 Å². The molecule has 0 fully saturated rings. The highest BCUT2D eigenvalue weighted by atomic mass is 16.4. The fourth-order valence-electron chi connectivity index (χ4n) is 1.54. The van der Waals surface area contributed by atoms with Crippen LogP contribution in [-0.2, 0) is 16.0 Å². The molecule has 0 bridgehead atoms. The number of nitrogens with two attached hydrogens (primary N) is 1. The van der Waals surface area contributed by atoms with Gasteiger partial charge in [0.1, 0.15) is 17.8 Å². The summed E-state index contributed by atoms with van der Waals surface area (Å²) >= 11 is 0. The minimum Gasteiger partial charge on any atom is -0.508 e. The molecule has 1 aromatic rings. The van der Waals surface area contributed by atoms with Crippen LogP contribution in [0, 0.1) is 0 Å². The zero-order valence-corrected chi connectivity index (χ0v) is 11.4. The number of phenolic OH excluding ortho intramolecular Hbond substituents is 1. The molecule has 0 aromatic heterocycles. The minimum absolute atomic E-state index is 0.0357. The quantitative estimate of drug-likeness (QED) is 0.483. The van der Waals surface area contributed by atoms with E-state index in [0.717, 1.165) is 0 Å². The topological polar surface area (TPSA) is 142 Å². The summed E-state index contributed by atoms with van der Waals surface area (Å²) in [5.41, 5.74) is 5.62. The van der Waals surface area contributed by atoms with E-state index in [-0.39, 0.29) is 12.2 Å². The second-order valence-corrected chi connectivity index (χ2v) is 4.50. The Morgan fingerprint density at radius 1 is 1.19 bits per heavy atom. The molecule has 0 radical (unpaired) electrons. The average Bonchev–Trinajstić information content (AvgIpc) is 2.40. The van der Waals surface area contributed by atoms with Crippen LogP contribution >= 0.6 is 0 Å². The molecule has 1 unspecified atom stereocenters. The Bertz CT molecular complexity index is 529. The van der Waals surface area contributed by atoms with Gasteiger partial charge in [-0.15, -0.1) is 0 Å². The van der Waals surface area contributed by atoms with Gasteiger partial charge >= 0.3 is 12.0 Å². The highest BCUT2D eigenvalue weighted by Crippen LogP contribution is 2.11. The lowest BCUT2D eigenvalue weighted by atomic mass is 10.1. The number of nitrogens with one attached hydrogen (secondary N) is 2. The molecule has 114 valence electrons. The number of hydrogen-bond donors (Lipinski definition) is 5. The number of aromatic hydroxyl groups is 1. The SMILES string of the molecule is CC(NC(=O)N[C@H](Cc1ccc(O)cc1)C(=O)O)C(N)=O. The Morgan fingerprint density at radius 3 is 2.24 bits per heavy atom. The number of rotatable bonds is 6. The van der Waals surface area contributed by atoms with E-state index in [9.17, 15) is 14.4 Å². The highest BCUT2D eigenvalue weighted by Gasteiger charge is 2.22. The maximum Gasteiger partial charge on any atom is 0.326 e. The van der Waals surface area contributed by atoms with Gasteiger partial charge < -0.3 is 26.6 Å². The third-order valence-electron chi connectivity index (χ3n) is 2.75. The van der Waals surface area contributed by atoms with Gasteiger partial charge in [-0.05, 0) is 24.6 Å². The molecule has 21 heavy (non-hydrogen) atoms. The maximum atomic E-state index is 11.6. The Hall–Kier alpha value is -2.77. The zero-order chi connectivity index (χ0) is 16.0. The van der Waals surface area contributed by atoms with Gasteiger partial charge in [0.2, 0.25) is 5.91 Å². The predicted molar refractivity (Wildman–Crippen MR) is 73.6 cm³/mol. The lowest BCUT2D eigenvalue weighted by Gasteiger charge is -2.17. The molecule has 0 aliphatic carbocycles. The molecule has 0 saturated carbocycles. The summed E-state index contributed by atoms with van der Waals surface area (Å²) in [5, 5.41) is 22.7. The molecule has 1 aromatic carbocycles. The second kappa shape index (κ2) is 7.13. The van der Waals surface area contributed by atoms with Crippen LogP contribution in [0.4, 0.5) is 4.79 Å². The summed E-state index contributed by atoms with van der Waals surface area (Å²) in [6, 6.07) is 3.07. The van der Waals surface area contributed by atoms with Crippen molar-refractivity contribution in [3.05, 3.63) is 29.8 Å². The Balaban J connectivity index is 2.65. The van der Waals surface area contributed by atoms with Crippen LogP contribution in [-0.4, -0.2) is 40.2 Å². The Kier molecular flexibility index (Phi) is 5.53. The molecule has 8 heteroatoms. The van der Waals surface area contributed by atoms with E-state index < -0.39 is 30.0 Å². The van der Waals surface area contributed by atoms with Crippen molar-refractivity contribution in [2.24, 2.45) is 5.73 Å². The molecular weight excluding hydrogens is 278 g/mol. The molecule has 0 heterocycles. The Labute approximate surface area is 120 Å². The van der Waals surface area contributed by atoms with E-state index in [4.69, 9.17) is 15.9 Å². The van der Waals surface area contributed by atoms with Gasteiger partial charge in [0, 0.05) is 6.42 Å². The number of urea groups is 1. The second-order valence-electron chi connectivity index (χ2n) is 4.50. The van der Waals surface area contributed by atoms with Crippen LogP contribution in [0.1, 0.15) is 12.5 Å². The predicted octanol–water partition coefficient (Wildman–Crippen LogP) is -0.439. The average molecular weight is 295 g/mol. The summed E-state index contributed by atoms with van der Waals surface area (Å²) in [4.78, 5) is 33.5. The molecule has 1 rings (SSSR count). The normalized spacial score (nSPS) is 13.0. The number of carbonyl (C=O) groups excluding carboxylic acids is 2. The van der Waals surface area contributed by atoms with E-state index in [1.54, 1.807) is 12.1 Å². The fraction of sp³-hybridized carbons (Fsp3) is 0.308. The van der Waals surface area contributed by atoms with Gasteiger partial charge in [-0.1, -0.05) is 12.1 Å². The molecule has 0 aliphatic heterocycles. The van der Waals surface area contributed by atoms with Crippen LogP contribution in [0.15, 0.2) is 24.3 Å². The number of phenols is 1. The van der Waals surface area contributed by atoms with Crippen molar-refractivity contribution >= 4 is 17.9 Å². The molecule has 8 nitrogen and oxygen atoms in total. The van der Waals surface area contributed by atoms with Crippen molar-refractivity contribution in [3.63, 3.8) is 0 Å². The molecular formula is C13H17N3O5. The first-order valence-corrected chi connectivity index (χ1v) is 6.16. The van der Waals surface area contributed by atoms with E-state index in [1.165, 1.54) is 19.1 Å². The summed E-state index contributed by atoms with van der Waals surface area (Å²) < 4.78 is 0. The van der Waals surface area contributed by atoms with Gasteiger partial charge in [-0.25, -0.2) is 9.59 Å². The third-order valence-corrected chi connectivity index (χ3v) is 2.75. The first-order valence-electron chi connectivity index (χ1n) is 6.16. The van der Waals surface area contributed by atoms with E-state index in [2.05, 4.69) is 10.6 Å². The van der Waals surface area contributed by atoms with E-state index in [0.29, 0.717) is 5.56 Å². The van der Waals surface area contributed by atoms with Crippen molar-refractivity contribution in [1.82, 2.24) is 10.6 Å². The Morgan fingerprint density at radius 2 is 1.76 bits per heavy atom. The van der Waals surface area contributed by atoms with Crippen molar-refractivity contribution in [2.45, 2.75) is 25.4 Å².